The number of sulfonamides is 1. The van der Waals surface area contributed by atoms with Crippen molar-refractivity contribution >= 4 is 21.6 Å². The number of aryl methyl sites for hydroxylation is 1. The molecule has 3 aromatic rings. The van der Waals surface area contributed by atoms with Gasteiger partial charge in [-0.25, -0.2) is 8.42 Å². The van der Waals surface area contributed by atoms with Crippen LogP contribution in [0.15, 0.2) is 89.8 Å². The Morgan fingerprint density at radius 1 is 0.897 bits per heavy atom. The van der Waals surface area contributed by atoms with E-state index in [0.29, 0.717) is 11.3 Å². The van der Waals surface area contributed by atoms with Crippen LogP contribution in [0, 0.1) is 0 Å². The molecule has 0 fully saturated rings. The Bertz CT molecular complexity index is 1050. The molecule has 0 aliphatic carbocycles. The average Bonchev–Trinajstić information content (AvgIpc) is 2.73. The molecule has 0 aliphatic rings. The molecule has 5 nitrogen and oxygen atoms in total. The summed E-state index contributed by atoms with van der Waals surface area (Å²) in [7, 11) is -3.70. The van der Waals surface area contributed by atoms with Crippen LogP contribution >= 0.6 is 0 Å². The number of carbonyl (C=O) groups is 1. The normalized spacial score (nSPS) is 12.2. The molecule has 150 valence electrons. The lowest BCUT2D eigenvalue weighted by Crippen LogP contribution is -2.32. The second kappa shape index (κ2) is 9.39. The van der Waals surface area contributed by atoms with Crippen LogP contribution < -0.4 is 10.0 Å². The van der Waals surface area contributed by atoms with Crippen molar-refractivity contribution in [3.05, 3.63) is 96.1 Å². The Morgan fingerprint density at radius 3 is 2.24 bits per heavy atom. The van der Waals surface area contributed by atoms with E-state index in [9.17, 15) is 13.2 Å². The van der Waals surface area contributed by atoms with E-state index in [-0.39, 0.29) is 16.8 Å². The van der Waals surface area contributed by atoms with Crippen molar-refractivity contribution in [1.82, 2.24) is 5.32 Å². The Morgan fingerprint density at radius 2 is 1.55 bits per heavy atom. The maximum Gasteiger partial charge on any atom is 0.261 e. The highest BCUT2D eigenvalue weighted by molar-refractivity contribution is 7.92. The van der Waals surface area contributed by atoms with Crippen LogP contribution in [0.4, 0.5) is 5.69 Å². The van der Waals surface area contributed by atoms with Gasteiger partial charge in [0.05, 0.1) is 4.90 Å². The zero-order valence-electron chi connectivity index (χ0n) is 16.2. The van der Waals surface area contributed by atoms with Gasteiger partial charge in [-0.05, 0) is 55.7 Å². The van der Waals surface area contributed by atoms with Crippen molar-refractivity contribution in [2.45, 2.75) is 30.7 Å². The molecule has 0 bridgehead atoms. The molecular formula is C23H24N2O3S. The second-order valence-corrected chi connectivity index (χ2v) is 8.58. The summed E-state index contributed by atoms with van der Waals surface area (Å²) in [5.41, 5.74) is 1.98. The van der Waals surface area contributed by atoms with Crippen LogP contribution in [-0.2, 0) is 16.4 Å². The highest BCUT2D eigenvalue weighted by atomic mass is 32.2. The van der Waals surface area contributed by atoms with Gasteiger partial charge in [0.25, 0.3) is 15.9 Å². The summed E-state index contributed by atoms with van der Waals surface area (Å²) in [6, 6.07) is 24.7. The van der Waals surface area contributed by atoms with E-state index in [4.69, 9.17) is 0 Å². The van der Waals surface area contributed by atoms with Crippen LogP contribution in [0.3, 0.4) is 0 Å². The summed E-state index contributed by atoms with van der Waals surface area (Å²) in [5, 5.41) is 2.97. The van der Waals surface area contributed by atoms with E-state index in [1.54, 1.807) is 42.5 Å². The molecule has 0 spiro atoms. The van der Waals surface area contributed by atoms with Crippen LogP contribution in [0.2, 0.25) is 0 Å². The summed E-state index contributed by atoms with van der Waals surface area (Å²) in [5.74, 6) is -0.230. The highest BCUT2D eigenvalue weighted by Crippen LogP contribution is 2.17. The molecule has 1 amide bonds. The van der Waals surface area contributed by atoms with Gasteiger partial charge < -0.3 is 5.32 Å². The molecule has 0 unspecified atom stereocenters. The van der Waals surface area contributed by atoms with E-state index >= 15 is 0 Å². The lowest BCUT2D eigenvalue weighted by atomic mass is 10.1. The molecule has 2 N–H and O–H groups in total. The average molecular weight is 409 g/mol. The molecule has 0 radical (unpaired) electrons. The Hall–Kier alpha value is -3.12. The fourth-order valence-electron chi connectivity index (χ4n) is 2.94. The Balaban J connectivity index is 1.62. The minimum absolute atomic E-state index is 0.00706. The molecule has 3 rings (SSSR count). The first kappa shape index (κ1) is 20.6. The van der Waals surface area contributed by atoms with Crippen LogP contribution in [-0.4, -0.2) is 20.4 Å². The van der Waals surface area contributed by atoms with Gasteiger partial charge in [0.15, 0.2) is 0 Å². The molecule has 1 atom stereocenters. The summed E-state index contributed by atoms with van der Waals surface area (Å²) in [4.78, 5) is 12.7. The smallest absolute Gasteiger partial charge is 0.261 e. The van der Waals surface area contributed by atoms with Crippen molar-refractivity contribution in [1.29, 1.82) is 0 Å². The van der Waals surface area contributed by atoms with E-state index < -0.39 is 10.0 Å². The fraction of sp³-hybridized carbons (Fsp3) is 0.174. The maximum atomic E-state index is 12.6. The molecule has 0 aliphatic heterocycles. The third-order valence-corrected chi connectivity index (χ3v) is 5.91. The Kier molecular flexibility index (Phi) is 6.67. The lowest BCUT2D eigenvalue weighted by molar-refractivity contribution is 0.0938. The quantitative estimate of drug-likeness (QED) is 0.585. The Labute approximate surface area is 171 Å². The van der Waals surface area contributed by atoms with E-state index in [1.165, 1.54) is 17.7 Å². The van der Waals surface area contributed by atoms with Crippen LogP contribution in [0.25, 0.3) is 0 Å². The number of carbonyl (C=O) groups excluding carboxylic acids is 1. The molecule has 0 saturated carbocycles. The SMILES string of the molecule is C[C@@H](CCc1ccccc1)NC(=O)c1cccc(NS(=O)(=O)c2ccccc2)c1. The van der Waals surface area contributed by atoms with Crippen molar-refractivity contribution in [2.75, 3.05) is 4.72 Å². The largest absolute Gasteiger partial charge is 0.350 e. The predicted octanol–water partition coefficient (Wildman–Crippen LogP) is 4.24. The summed E-state index contributed by atoms with van der Waals surface area (Å²) in [6.45, 7) is 1.96. The molecule has 6 heteroatoms. The molecule has 0 aromatic heterocycles. The van der Waals surface area contributed by atoms with E-state index in [2.05, 4.69) is 22.2 Å². The maximum absolute atomic E-state index is 12.6. The number of nitrogens with one attached hydrogen (secondary N) is 2. The van der Waals surface area contributed by atoms with Crippen molar-refractivity contribution in [3.63, 3.8) is 0 Å². The van der Waals surface area contributed by atoms with E-state index in [0.717, 1.165) is 12.8 Å². The minimum atomic E-state index is -3.70. The number of amides is 1. The number of anilines is 1. The zero-order valence-corrected chi connectivity index (χ0v) is 17.0. The minimum Gasteiger partial charge on any atom is -0.350 e. The fourth-order valence-corrected chi connectivity index (χ4v) is 4.02. The first-order valence-electron chi connectivity index (χ1n) is 9.47. The first-order chi connectivity index (χ1) is 13.9. The highest BCUT2D eigenvalue weighted by Gasteiger charge is 2.15. The number of rotatable bonds is 8. The predicted molar refractivity (Wildman–Crippen MR) is 115 cm³/mol. The first-order valence-corrected chi connectivity index (χ1v) is 10.9. The second-order valence-electron chi connectivity index (χ2n) is 6.90. The van der Waals surface area contributed by atoms with Crippen LogP contribution in [0.1, 0.15) is 29.3 Å². The standard InChI is InChI=1S/C23H24N2O3S/c1-18(15-16-19-9-4-2-5-10-19)24-23(26)20-11-8-12-21(17-20)25-29(27,28)22-13-6-3-7-14-22/h2-14,17-18,25H,15-16H2,1H3,(H,24,26)/t18-/m0/s1. The lowest BCUT2D eigenvalue weighted by Gasteiger charge is -2.15. The molecular weight excluding hydrogens is 384 g/mol. The third-order valence-electron chi connectivity index (χ3n) is 4.52. The molecule has 3 aromatic carbocycles. The number of hydrogen-bond acceptors (Lipinski definition) is 3. The number of hydrogen-bond donors (Lipinski definition) is 2. The molecule has 29 heavy (non-hydrogen) atoms. The topological polar surface area (TPSA) is 75.3 Å². The van der Waals surface area contributed by atoms with Gasteiger partial charge in [-0.15, -0.1) is 0 Å². The molecule has 0 heterocycles. The summed E-state index contributed by atoms with van der Waals surface area (Å²) >= 11 is 0. The number of benzene rings is 3. The van der Waals surface area contributed by atoms with Gasteiger partial charge in [0, 0.05) is 17.3 Å². The van der Waals surface area contributed by atoms with Crippen molar-refractivity contribution < 1.29 is 13.2 Å². The van der Waals surface area contributed by atoms with Gasteiger partial charge in [0.1, 0.15) is 0 Å². The van der Waals surface area contributed by atoms with Crippen LogP contribution in [0.5, 0.6) is 0 Å². The van der Waals surface area contributed by atoms with Gasteiger partial charge in [0.2, 0.25) is 0 Å². The van der Waals surface area contributed by atoms with Gasteiger partial charge in [-0.3, -0.25) is 9.52 Å². The van der Waals surface area contributed by atoms with E-state index in [1.807, 2.05) is 25.1 Å². The van der Waals surface area contributed by atoms with Crippen molar-refractivity contribution in [3.8, 4) is 0 Å². The zero-order chi connectivity index (χ0) is 20.7. The summed E-state index contributed by atoms with van der Waals surface area (Å²) in [6.07, 6.45) is 1.69. The summed E-state index contributed by atoms with van der Waals surface area (Å²) < 4.78 is 27.5. The molecule has 0 saturated heterocycles. The van der Waals surface area contributed by atoms with Gasteiger partial charge >= 0.3 is 0 Å². The van der Waals surface area contributed by atoms with Gasteiger partial charge in [-0.1, -0.05) is 54.6 Å². The monoisotopic (exact) mass is 408 g/mol. The third kappa shape index (κ3) is 5.93. The van der Waals surface area contributed by atoms with Gasteiger partial charge in [-0.2, -0.15) is 0 Å². The van der Waals surface area contributed by atoms with Crippen molar-refractivity contribution in [2.24, 2.45) is 0 Å².